The third-order valence-electron chi connectivity index (χ3n) is 5.90. The van der Waals surface area contributed by atoms with Gasteiger partial charge in [-0.1, -0.05) is 24.3 Å². The van der Waals surface area contributed by atoms with Gasteiger partial charge in [0.2, 0.25) is 11.2 Å². The van der Waals surface area contributed by atoms with Gasteiger partial charge in [-0.3, -0.25) is 0 Å². The van der Waals surface area contributed by atoms with Crippen molar-refractivity contribution < 1.29 is 8.98 Å². The number of fused-ring (bicyclic) bond motifs is 10. The van der Waals surface area contributed by atoms with E-state index in [1.54, 1.807) is 0 Å². The molecule has 28 heavy (non-hydrogen) atoms. The molecule has 0 amide bonds. The number of aryl methyl sites for hydroxylation is 3. The molecule has 0 radical (unpaired) electrons. The van der Waals surface area contributed by atoms with Gasteiger partial charge in [-0.25, -0.2) is 9.55 Å². The Kier molecular flexibility index (Phi) is 2.95. The van der Waals surface area contributed by atoms with Crippen molar-refractivity contribution >= 4 is 54.5 Å². The molecule has 0 N–H and O–H groups in total. The van der Waals surface area contributed by atoms with E-state index in [2.05, 4.69) is 78.3 Å². The highest BCUT2D eigenvalue weighted by Crippen LogP contribution is 2.41. The second-order valence-electron chi connectivity index (χ2n) is 7.65. The minimum absolute atomic E-state index is 0.709. The summed E-state index contributed by atoms with van der Waals surface area (Å²) in [7, 11) is 2.11. The molecule has 0 unspecified atom stereocenters. The van der Waals surface area contributed by atoms with Crippen molar-refractivity contribution in [2.45, 2.75) is 13.8 Å². The zero-order valence-electron chi connectivity index (χ0n) is 16.1. The molecule has 0 atom stereocenters. The van der Waals surface area contributed by atoms with Gasteiger partial charge in [0.25, 0.3) is 0 Å². The second kappa shape index (κ2) is 5.29. The van der Waals surface area contributed by atoms with E-state index < -0.39 is 0 Å². The number of pyridine rings is 2. The summed E-state index contributed by atoms with van der Waals surface area (Å²) in [5.74, 6) is 0. The Morgan fingerprint density at radius 3 is 2.39 bits per heavy atom. The molecule has 3 aromatic carbocycles. The van der Waals surface area contributed by atoms with E-state index in [-0.39, 0.29) is 0 Å². The summed E-state index contributed by atoms with van der Waals surface area (Å²) in [5.41, 5.74) is 5.12. The first-order valence-electron chi connectivity index (χ1n) is 9.56. The van der Waals surface area contributed by atoms with Crippen LogP contribution in [0.2, 0.25) is 0 Å². The van der Waals surface area contributed by atoms with Crippen LogP contribution in [-0.2, 0) is 7.05 Å². The van der Waals surface area contributed by atoms with Crippen LogP contribution < -0.4 is 4.57 Å². The van der Waals surface area contributed by atoms with Crippen molar-refractivity contribution in [1.29, 1.82) is 0 Å². The van der Waals surface area contributed by atoms with Crippen LogP contribution in [0.15, 0.2) is 65.2 Å². The quantitative estimate of drug-likeness (QED) is 0.249. The van der Waals surface area contributed by atoms with Gasteiger partial charge in [0.05, 0.1) is 10.8 Å². The van der Waals surface area contributed by atoms with Crippen molar-refractivity contribution in [3.8, 4) is 0 Å². The molecular weight excluding hydrogens is 344 g/mol. The summed E-state index contributed by atoms with van der Waals surface area (Å²) in [6.07, 6.45) is 2.11. The Morgan fingerprint density at radius 1 is 0.750 bits per heavy atom. The number of nitrogens with zero attached hydrogens (tertiary/aromatic N) is 2. The fraction of sp³-hybridized carbons (Fsp3) is 0.120. The van der Waals surface area contributed by atoms with E-state index >= 15 is 0 Å². The first kappa shape index (κ1) is 15.6. The zero-order chi connectivity index (χ0) is 19.0. The Bertz CT molecular complexity index is 1590. The molecule has 0 bridgehead atoms. The third-order valence-corrected chi connectivity index (χ3v) is 5.90. The number of aromatic nitrogens is 2. The van der Waals surface area contributed by atoms with Gasteiger partial charge in [-0.2, -0.15) is 0 Å². The maximum Gasteiger partial charge on any atom is 0.227 e. The van der Waals surface area contributed by atoms with Crippen LogP contribution in [0.5, 0.6) is 0 Å². The topological polar surface area (TPSA) is 29.9 Å². The first-order valence-corrected chi connectivity index (χ1v) is 9.56. The minimum Gasteiger partial charge on any atom is -0.437 e. The molecule has 0 aliphatic carbocycles. The van der Waals surface area contributed by atoms with E-state index in [0.717, 1.165) is 27.4 Å². The number of hydrogen-bond donors (Lipinski definition) is 0. The van der Waals surface area contributed by atoms with Crippen molar-refractivity contribution in [2.24, 2.45) is 7.05 Å². The lowest BCUT2D eigenvalue weighted by molar-refractivity contribution is -0.644. The molecular formula is C25H19N2O+. The normalized spacial score (nSPS) is 12.1. The minimum atomic E-state index is 0.709. The SMILES string of the molecule is Cc1ccc2c(n1)oc1c2ccc2c3cccc(C)c3c3c(ccc[n+]3C)c21. The van der Waals surface area contributed by atoms with Crippen LogP contribution in [0.3, 0.4) is 0 Å². The standard InChI is InChI=1S/C25H19N2O/c1-14-6-4-7-16-17-11-12-18-19-10-9-15(2)26-25(19)28-24(18)22(17)20-8-5-13-27(3)23(20)21(14)16/h4-13H,1-3H3/q+1. The monoisotopic (exact) mass is 363 g/mol. The van der Waals surface area contributed by atoms with Crippen LogP contribution >= 0.6 is 0 Å². The fourth-order valence-electron chi connectivity index (χ4n) is 4.64. The molecule has 3 heteroatoms. The zero-order valence-corrected chi connectivity index (χ0v) is 16.1. The fourth-order valence-corrected chi connectivity index (χ4v) is 4.64. The lowest BCUT2D eigenvalue weighted by atomic mass is 9.93. The van der Waals surface area contributed by atoms with Gasteiger partial charge in [0.1, 0.15) is 12.6 Å². The van der Waals surface area contributed by atoms with E-state index in [1.165, 1.54) is 32.6 Å². The molecule has 3 heterocycles. The Balaban J connectivity index is 2.00. The molecule has 134 valence electrons. The van der Waals surface area contributed by atoms with Gasteiger partial charge in [0.15, 0.2) is 6.20 Å². The maximum absolute atomic E-state index is 6.35. The number of furan rings is 1. The summed E-state index contributed by atoms with van der Waals surface area (Å²) in [4.78, 5) is 4.62. The summed E-state index contributed by atoms with van der Waals surface area (Å²) >= 11 is 0. The number of benzene rings is 3. The molecule has 0 fully saturated rings. The molecule has 6 rings (SSSR count). The number of hydrogen-bond acceptors (Lipinski definition) is 2. The summed E-state index contributed by atoms with van der Waals surface area (Å²) < 4.78 is 8.57. The van der Waals surface area contributed by atoms with Crippen molar-refractivity contribution in [2.75, 3.05) is 0 Å². The summed E-state index contributed by atoms with van der Waals surface area (Å²) in [6, 6.07) is 19.4. The average Bonchev–Trinajstić information content (AvgIpc) is 3.05. The van der Waals surface area contributed by atoms with Crippen LogP contribution in [0.4, 0.5) is 0 Å². The molecule has 3 aromatic heterocycles. The predicted octanol–water partition coefficient (Wildman–Crippen LogP) is 5.88. The molecule has 0 aliphatic heterocycles. The Hall–Kier alpha value is -3.46. The van der Waals surface area contributed by atoms with E-state index in [9.17, 15) is 0 Å². The molecule has 0 spiro atoms. The van der Waals surface area contributed by atoms with Gasteiger partial charge >= 0.3 is 0 Å². The van der Waals surface area contributed by atoms with Crippen molar-refractivity contribution in [3.05, 3.63) is 72.1 Å². The van der Waals surface area contributed by atoms with Gasteiger partial charge in [-0.15, -0.1) is 0 Å². The van der Waals surface area contributed by atoms with Gasteiger partial charge < -0.3 is 4.42 Å². The van der Waals surface area contributed by atoms with Crippen LogP contribution in [-0.4, -0.2) is 4.98 Å². The Morgan fingerprint density at radius 2 is 1.50 bits per heavy atom. The molecule has 3 nitrogen and oxygen atoms in total. The van der Waals surface area contributed by atoms with E-state index in [0.29, 0.717) is 5.71 Å². The molecule has 0 aliphatic rings. The third kappa shape index (κ3) is 1.88. The van der Waals surface area contributed by atoms with Crippen LogP contribution in [0.25, 0.3) is 54.5 Å². The lowest BCUT2D eigenvalue weighted by Gasteiger charge is -2.10. The summed E-state index contributed by atoms with van der Waals surface area (Å²) in [6.45, 7) is 4.18. The second-order valence-corrected chi connectivity index (χ2v) is 7.65. The molecule has 0 saturated heterocycles. The molecule has 0 saturated carbocycles. The van der Waals surface area contributed by atoms with E-state index in [4.69, 9.17) is 4.42 Å². The molecule has 6 aromatic rings. The van der Waals surface area contributed by atoms with E-state index in [1.807, 2.05) is 13.0 Å². The van der Waals surface area contributed by atoms with Crippen molar-refractivity contribution in [1.82, 2.24) is 4.98 Å². The van der Waals surface area contributed by atoms with Gasteiger partial charge in [0, 0.05) is 27.9 Å². The predicted molar refractivity (Wildman–Crippen MR) is 115 cm³/mol. The highest BCUT2D eigenvalue weighted by molar-refractivity contribution is 6.31. The summed E-state index contributed by atoms with van der Waals surface area (Å²) in [5, 5.41) is 8.35. The van der Waals surface area contributed by atoms with Crippen molar-refractivity contribution in [3.63, 3.8) is 0 Å². The highest BCUT2D eigenvalue weighted by Gasteiger charge is 2.21. The number of rotatable bonds is 0. The highest BCUT2D eigenvalue weighted by atomic mass is 16.3. The van der Waals surface area contributed by atoms with Crippen LogP contribution in [0, 0.1) is 13.8 Å². The Labute approximate surface area is 161 Å². The van der Waals surface area contributed by atoms with Crippen LogP contribution in [0.1, 0.15) is 11.3 Å². The first-order chi connectivity index (χ1) is 13.6. The average molecular weight is 363 g/mol. The maximum atomic E-state index is 6.35. The smallest absolute Gasteiger partial charge is 0.227 e. The lowest BCUT2D eigenvalue weighted by Crippen LogP contribution is -2.28. The van der Waals surface area contributed by atoms with Gasteiger partial charge in [-0.05, 0) is 54.4 Å². The largest absolute Gasteiger partial charge is 0.437 e.